The highest BCUT2D eigenvalue weighted by Gasteiger charge is 2.42. The number of ether oxygens (including phenoxy) is 2. The van der Waals surface area contributed by atoms with Gasteiger partial charge in [0.15, 0.2) is 5.83 Å². The Morgan fingerprint density at radius 2 is 1.93 bits per heavy atom. The molecule has 0 saturated carbocycles. The summed E-state index contributed by atoms with van der Waals surface area (Å²) in [6.45, 7) is 8.09. The maximum atomic E-state index is 13.8. The zero-order chi connectivity index (χ0) is 31.7. The molecule has 1 aromatic heterocycles. The van der Waals surface area contributed by atoms with Gasteiger partial charge in [0, 0.05) is 63.0 Å². The van der Waals surface area contributed by atoms with E-state index in [1.807, 2.05) is 18.2 Å². The number of nitriles is 1. The van der Waals surface area contributed by atoms with Crippen molar-refractivity contribution in [2.75, 3.05) is 76.4 Å². The number of benzene rings is 2. The first-order valence-corrected chi connectivity index (χ1v) is 15.5. The highest BCUT2D eigenvalue weighted by molar-refractivity contribution is 6.36. The van der Waals surface area contributed by atoms with Crippen LogP contribution in [-0.4, -0.2) is 98.4 Å². The molecule has 3 aliphatic heterocycles. The van der Waals surface area contributed by atoms with Crippen LogP contribution < -0.4 is 14.5 Å². The van der Waals surface area contributed by atoms with E-state index in [1.54, 1.807) is 7.11 Å². The van der Waals surface area contributed by atoms with E-state index < -0.39 is 17.8 Å². The molecule has 0 bridgehead atoms. The van der Waals surface area contributed by atoms with E-state index >= 15 is 0 Å². The van der Waals surface area contributed by atoms with Gasteiger partial charge in [-0.15, -0.1) is 0 Å². The summed E-state index contributed by atoms with van der Waals surface area (Å²) in [5.41, 5.74) is 2.75. The smallest absolute Gasteiger partial charge is 0.318 e. The number of carbonyl (C=O) groups is 1. The molecular weight excluding hydrogens is 597 g/mol. The molecule has 3 aromatic rings. The minimum atomic E-state index is -1.03. The summed E-state index contributed by atoms with van der Waals surface area (Å²) in [6, 6.07) is 14.0. The molecule has 0 aliphatic carbocycles. The lowest BCUT2D eigenvalue weighted by atomic mass is 9.82. The predicted octanol–water partition coefficient (Wildman–Crippen LogP) is 4.22. The van der Waals surface area contributed by atoms with E-state index in [4.69, 9.17) is 31.0 Å². The number of carbonyl (C=O) groups excluding carboxylic acids is 1. The number of rotatable bonds is 9. The van der Waals surface area contributed by atoms with Crippen LogP contribution in [0.1, 0.15) is 17.7 Å². The van der Waals surface area contributed by atoms with Crippen molar-refractivity contribution < 1.29 is 18.7 Å². The fourth-order valence-corrected chi connectivity index (χ4v) is 7.34. The van der Waals surface area contributed by atoms with Crippen molar-refractivity contribution in [2.45, 2.75) is 25.4 Å². The van der Waals surface area contributed by atoms with Crippen LogP contribution in [0.5, 0.6) is 6.01 Å². The van der Waals surface area contributed by atoms with Gasteiger partial charge < -0.3 is 29.1 Å². The number of hydrogen-bond acceptors (Lipinski definition) is 9. The van der Waals surface area contributed by atoms with Crippen LogP contribution in [0.3, 0.4) is 0 Å². The zero-order valence-electron chi connectivity index (χ0n) is 25.6. The van der Waals surface area contributed by atoms with Crippen molar-refractivity contribution in [2.24, 2.45) is 5.41 Å². The van der Waals surface area contributed by atoms with Crippen molar-refractivity contribution in [3.63, 3.8) is 0 Å². The predicted molar refractivity (Wildman–Crippen MR) is 171 cm³/mol. The van der Waals surface area contributed by atoms with Gasteiger partial charge in [-0.25, -0.2) is 4.39 Å². The number of likely N-dealkylation sites (tertiary alicyclic amines) is 1. The number of piperazine rings is 1. The second-order valence-electron chi connectivity index (χ2n) is 12.3. The second kappa shape index (κ2) is 12.8. The number of anilines is 2. The first kappa shape index (κ1) is 31.0. The summed E-state index contributed by atoms with van der Waals surface area (Å²) in [5.74, 6) is -1.07. The third-order valence-electron chi connectivity index (χ3n) is 8.97. The van der Waals surface area contributed by atoms with Crippen LogP contribution in [-0.2, 0) is 22.5 Å². The molecule has 45 heavy (non-hydrogen) atoms. The molecule has 236 valence electrons. The van der Waals surface area contributed by atoms with E-state index in [2.05, 4.69) is 52.6 Å². The molecule has 0 radical (unpaired) electrons. The lowest BCUT2D eigenvalue weighted by Crippen LogP contribution is -2.59. The van der Waals surface area contributed by atoms with Gasteiger partial charge in [-0.1, -0.05) is 42.4 Å². The van der Waals surface area contributed by atoms with E-state index in [0.29, 0.717) is 44.3 Å². The Kier molecular flexibility index (Phi) is 8.82. The quantitative estimate of drug-likeness (QED) is 0.321. The summed E-state index contributed by atoms with van der Waals surface area (Å²) in [7, 11) is 3.76. The molecule has 1 amide bonds. The summed E-state index contributed by atoms with van der Waals surface area (Å²) >= 11 is 6.69. The number of nitrogens with zero attached hydrogens (tertiary/aromatic N) is 7. The highest BCUT2D eigenvalue weighted by atomic mass is 35.5. The number of fused-ring (bicyclic) bond motifs is 2. The summed E-state index contributed by atoms with van der Waals surface area (Å²) < 4.78 is 25.7. The summed E-state index contributed by atoms with van der Waals surface area (Å²) in [4.78, 5) is 30.4. The van der Waals surface area contributed by atoms with Gasteiger partial charge in [-0.3, -0.25) is 4.79 Å². The molecule has 2 saturated heterocycles. The topological polar surface area (TPSA) is 98.1 Å². The van der Waals surface area contributed by atoms with Gasteiger partial charge in [-0.2, -0.15) is 15.2 Å². The van der Waals surface area contributed by atoms with Gasteiger partial charge in [-0.05, 0) is 31.0 Å². The van der Waals surface area contributed by atoms with Crippen LogP contribution in [0.4, 0.5) is 15.9 Å². The third-order valence-corrected chi connectivity index (χ3v) is 9.28. The molecule has 1 atom stereocenters. The number of amides is 1. The number of methoxy groups -OCH3 is 1. The van der Waals surface area contributed by atoms with Crippen LogP contribution in [0, 0.1) is 16.7 Å². The normalized spacial score (nSPS) is 19.5. The Bertz CT molecular complexity index is 1650. The second-order valence-corrected chi connectivity index (χ2v) is 12.7. The van der Waals surface area contributed by atoms with Crippen molar-refractivity contribution in [3.8, 4) is 12.1 Å². The molecule has 4 heterocycles. The van der Waals surface area contributed by atoms with Crippen LogP contribution in [0.2, 0.25) is 5.02 Å². The summed E-state index contributed by atoms with van der Waals surface area (Å²) in [5, 5.41) is 12.3. The Balaban J connectivity index is 1.34. The van der Waals surface area contributed by atoms with Crippen LogP contribution >= 0.6 is 11.6 Å². The molecule has 2 aromatic carbocycles. The first-order valence-electron chi connectivity index (χ1n) is 15.1. The number of hydrogen-bond donors (Lipinski definition) is 0. The third kappa shape index (κ3) is 6.15. The minimum absolute atomic E-state index is 0.0643. The van der Waals surface area contributed by atoms with Crippen molar-refractivity contribution in [1.82, 2.24) is 19.8 Å². The number of halogens is 2. The minimum Gasteiger partial charge on any atom is -0.463 e. The SMILES string of the molecule is C=C(F)C(=O)N1CCN(c2nc(OCC3(COC)CN(C)C3)nc3c2CCN(c2cccc4cccc(Cl)c24)C3)CC1CC#N. The van der Waals surface area contributed by atoms with E-state index in [1.165, 1.54) is 4.90 Å². The molecule has 12 heteroatoms. The molecule has 6 rings (SSSR count). The molecule has 0 spiro atoms. The van der Waals surface area contributed by atoms with Gasteiger partial charge in [0.25, 0.3) is 5.91 Å². The summed E-state index contributed by atoms with van der Waals surface area (Å²) in [6.07, 6.45) is 0.738. The van der Waals surface area contributed by atoms with Gasteiger partial charge >= 0.3 is 6.01 Å². The standard InChI is InChI=1S/C33H37ClFN7O3/c1-22(35)31(43)42-15-14-41(16-24(42)10-12-36)30-25-11-13-40(28-9-5-7-23-6-4-8-26(34)29(23)28)17-27(25)37-32(38-30)45-21-33(20-44-3)18-39(2)19-33/h4-9,24H,1,10-11,13-21H2,2-3H3. The molecule has 0 N–H and O–H groups in total. The van der Waals surface area contributed by atoms with Gasteiger partial charge in [0.1, 0.15) is 12.4 Å². The number of aromatic nitrogens is 2. The maximum absolute atomic E-state index is 13.8. The molecular formula is C33H37ClFN7O3. The monoisotopic (exact) mass is 633 g/mol. The van der Waals surface area contributed by atoms with E-state index in [-0.39, 0.29) is 24.4 Å². The first-order chi connectivity index (χ1) is 21.7. The largest absolute Gasteiger partial charge is 0.463 e. The highest BCUT2D eigenvalue weighted by Crippen LogP contribution is 2.38. The van der Waals surface area contributed by atoms with Crippen LogP contribution in [0.15, 0.2) is 48.8 Å². The lowest BCUT2D eigenvalue weighted by Gasteiger charge is -2.47. The fraction of sp³-hybridized carbons (Fsp3) is 0.455. The van der Waals surface area contributed by atoms with E-state index in [9.17, 15) is 14.4 Å². The van der Waals surface area contributed by atoms with E-state index in [0.717, 1.165) is 53.2 Å². The Hall–Kier alpha value is -3.98. The fourth-order valence-electron chi connectivity index (χ4n) is 7.06. The molecule has 3 aliphatic rings. The average molecular weight is 634 g/mol. The molecule has 1 unspecified atom stereocenters. The van der Waals surface area contributed by atoms with Crippen LogP contribution in [0.25, 0.3) is 10.8 Å². The molecule has 10 nitrogen and oxygen atoms in total. The van der Waals surface area contributed by atoms with Crippen molar-refractivity contribution in [3.05, 3.63) is 65.1 Å². The molecule has 2 fully saturated rings. The van der Waals surface area contributed by atoms with Gasteiger partial charge in [0.2, 0.25) is 0 Å². The van der Waals surface area contributed by atoms with Crippen molar-refractivity contribution in [1.29, 1.82) is 5.26 Å². The van der Waals surface area contributed by atoms with Gasteiger partial charge in [0.05, 0.1) is 47.8 Å². The lowest BCUT2D eigenvalue weighted by molar-refractivity contribution is -0.131. The maximum Gasteiger partial charge on any atom is 0.318 e. The average Bonchev–Trinajstić information content (AvgIpc) is 3.02. The Labute approximate surface area is 267 Å². The Morgan fingerprint density at radius 1 is 1.16 bits per heavy atom. The zero-order valence-corrected chi connectivity index (χ0v) is 26.4. The van der Waals surface area contributed by atoms with Crippen molar-refractivity contribution >= 4 is 39.8 Å². The Morgan fingerprint density at radius 3 is 2.64 bits per heavy atom.